The summed E-state index contributed by atoms with van der Waals surface area (Å²) in [6.45, 7) is 0. The molecule has 0 saturated carbocycles. The molecule has 6 aromatic carbocycles. The first-order valence-electron chi connectivity index (χ1n) is 14.0. The zero-order valence-electron chi connectivity index (χ0n) is 22.7. The first kappa shape index (κ1) is 24.9. The number of fused-ring (bicyclic) bond motifs is 3. The summed E-state index contributed by atoms with van der Waals surface area (Å²) in [7, 11) is 0. The molecule has 2 aliphatic rings. The number of nitrogens with one attached hydrogen (secondary N) is 1. The van der Waals surface area contributed by atoms with E-state index in [0.717, 1.165) is 37.1 Å². The average Bonchev–Trinajstić information content (AvgIpc) is 3.40. The van der Waals surface area contributed by atoms with E-state index >= 15 is 0 Å². The fourth-order valence-electron chi connectivity index (χ4n) is 6.71. The maximum absolute atomic E-state index is 13.8. The molecular formula is C36H18BrN3O4. The lowest BCUT2D eigenvalue weighted by atomic mass is 9.93. The molecule has 3 heterocycles. The Morgan fingerprint density at radius 3 is 1.50 bits per heavy atom. The summed E-state index contributed by atoms with van der Waals surface area (Å²) in [5.41, 5.74) is 4.30. The first-order valence-corrected chi connectivity index (χ1v) is 14.8. The van der Waals surface area contributed by atoms with Gasteiger partial charge in [-0.15, -0.1) is 0 Å². The number of hydrogen-bond acceptors (Lipinski definition) is 4. The van der Waals surface area contributed by atoms with E-state index in [1.165, 1.54) is 9.80 Å². The number of carbonyl (C=O) groups excluding carboxylic acids is 4. The molecule has 0 fully saturated rings. The van der Waals surface area contributed by atoms with Crippen LogP contribution >= 0.6 is 15.9 Å². The average molecular weight is 636 g/mol. The molecule has 0 bridgehead atoms. The maximum atomic E-state index is 13.8. The standard InChI is InChI=1S/C36H18BrN3O4/c37-28-13-12-25-32-21(28)6-3-9-24(32)35(43)40(36(25)44)20-11-15-30-27(17-20)26-16-19(10-14-29(26)38-30)39-33(41)22-7-1-4-18-5-2-8-23(31(18)22)34(39)42/h1-17,38H. The molecule has 1 N–H and O–H groups in total. The number of aromatic amines is 1. The molecule has 9 rings (SSSR count). The molecule has 0 unspecified atom stereocenters. The van der Waals surface area contributed by atoms with Crippen LogP contribution in [0.3, 0.4) is 0 Å². The van der Waals surface area contributed by atoms with Gasteiger partial charge in [0.15, 0.2) is 0 Å². The third-order valence-electron chi connectivity index (χ3n) is 8.71. The van der Waals surface area contributed by atoms with Crippen molar-refractivity contribution in [3.63, 3.8) is 0 Å². The van der Waals surface area contributed by atoms with Gasteiger partial charge in [-0.2, -0.15) is 0 Å². The minimum Gasteiger partial charge on any atom is -0.355 e. The number of amides is 4. The van der Waals surface area contributed by atoms with E-state index in [0.29, 0.717) is 44.4 Å². The predicted octanol–water partition coefficient (Wildman–Crippen LogP) is 7.99. The number of H-pyrrole nitrogens is 1. The molecule has 0 atom stereocenters. The van der Waals surface area contributed by atoms with Gasteiger partial charge < -0.3 is 4.98 Å². The summed E-state index contributed by atoms with van der Waals surface area (Å²) < 4.78 is 0.814. The molecular weight excluding hydrogens is 618 g/mol. The van der Waals surface area contributed by atoms with Crippen LogP contribution in [0.4, 0.5) is 11.4 Å². The Morgan fingerprint density at radius 1 is 0.477 bits per heavy atom. The summed E-state index contributed by atoms with van der Waals surface area (Å²) in [5, 5.41) is 4.45. The van der Waals surface area contributed by atoms with E-state index in [-0.39, 0.29) is 11.8 Å². The zero-order chi connectivity index (χ0) is 29.9. The van der Waals surface area contributed by atoms with Crippen LogP contribution in [0, 0.1) is 0 Å². The number of halogens is 1. The smallest absolute Gasteiger partial charge is 0.265 e. The first-order chi connectivity index (χ1) is 21.4. The normalized spacial score (nSPS) is 14.6. The highest BCUT2D eigenvalue weighted by atomic mass is 79.9. The van der Waals surface area contributed by atoms with Crippen LogP contribution in [0.25, 0.3) is 43.4 Å². The molecule has 7 nitrogen and oxygen atoms in total. The Labute approximate surface area is 257 Å². The molecule has 0 saturated heterocycles. The summed E-state index contributed by atoms with van der Waals surface area (Å²) in [6.07, 6.45) is 0. The lowest BCUT2D eigenvalue weighted by molar-refractivity contribution is 0.0877. The van der Waals surface area contributed by atoms with Crippen LogP contribution in [0.1, 0.15) is 41.4 Å². The van der Waals surface area contributed by atoms with Crippen molar-refractivity contribution in [3.8, 4) is 0 Å². The minimum absolute atomic E-state index is 0.386. The maximum Gasteiger partial charge on any atom is 0.265 e. The highest BCUT2D eigenvalue weighted by Gasteiger charge is 2.36. The number of aromatic nitrogens is 1. The summed E-state index contributed by atoms with van der Waals surface area (Å²) in [5.74, 6) is -1.57. The molecule has 0 radical (unpaired) electrons. The van der Waals surface area contributed by atoms with Gasteiger partial charge in [0.2, 0.25) is 0 Å². The summed E-state index contributed by atoms with van der Waals surface area (Å²) >= 11 is 3.54. The molecule has 7 aromatic rings. The van der Waals surface area contributed by atoms with Gasteiger partial charge in [-0.1, -0.05) is 52.3 Å². The molecule has 0 aliphatic carbocycles. The van der Waals surface area contributed by atoms with Gasteiger partial charge in [0.25, 0.3) is 23.6 Å². The molecule has 1 aromatic heterocycles. The quantitative estimate of drug-likeness (QED) is 0.195. The number of benzene rings is 6. The van der Waals surface area contributed by atoms with E-state index in [1.54, 1.807) is 48.5 Å². The molecule has 44 heavy (non-hydrogen) atoms. The summed E-state index contributed by atoms with van der Waals surface area (Å²) in [4.78, 5) is 60.7. The van der Waals surface area contributed by atoms with E-state index in [9.17, 15) is 19.2 Å². The van der Waals surface area contributed by atoms with Gasteiger partial charge in [0.05, 0.1) is 11.4 Å². The Bertz CT molecular complexity index is 2440. The Morgan fingerprint density at radius 2 is 0.955 bits per heavy atom. The number of carbonyl (C=O) groups is 4. The zero-order valence-corrected chi connectivity index (χ0v) is 24.3. The Balaban J connectivity index is 1.18. The van der Waals surface area contributed by atoms with Gasteiger partial charge in [0, 0.05) is 59.3 Å². The molecule has 208 valence electrons. The highest BCUT2D eigenvalue weighted by Crippen LogP contribution is 2.39. The van der Waals surface area contributed by atoms with Crippen molar-refractivity contribution in [1.29, 1.82) is 0 Å². The SMILES string of the molecule is O=C1c2cccc3cccc(c23)C(=O)N1c1ccc2[nH]c3ccc(N4C(=O)c5cccc6c(Br)ccc(c56)C4=O)cc3c2c1. The van der Waals surface area contributed by atoms with Crippen molar-refractivity contribution in [3.05, 3.63) is 130 Å². The number of anilines is 2. The van der Waals surface area contributed by atoms with Crippen LogP contribution in [0.15, 0.2) is 108 Å². The van der Waals surface area contributed by atoms with E-state index in [4.69, 9.17) is 0 Å². The highest BCUT2D eigenvalue weighted by molar-refractivity contribution is 9.10. The van der Waals surface area contributed by atoms with Crippen molar-refractivity contribution < 1.29 is 19.2 Å². The van der Waals surface area contributed by atoms with Crippen molar-refractivity contribution in [2.45, 2.75) is 0 Å². The van der Waals surface area contributed by atoms with Crippen LogP contribution in [0.2, 0.25) is 0 Å². The third kappa shape index (κ3) is 3.20. The van der Waals surface area contributed by atoms with Gasteiger partial charge >= 0.3 is 0 Å². The largest absolute Gasteiger partial charge is 0.355 e. The van der Waals surface area contributed by atoms with E-state index in [1.807, 2.05) is 54.6 Å². The Kier molecular flexibility index (Phi) is 4.94. The number of hydrogen-bond donors (Lipinski definition) is 1. The molecule has 8 heteroatoms. The molecule has 0 spiro atoms. The van der Waals surface area contributed by atoms with Gasteiger partial charge in [0.1, 0.15) is 0 Å². The van der Waals surface area contributed by atoms with Crippen molar-refractivity contribution in [2.24, 2.45) is 0 Å². The number of rotatable bonds is 2. The fourth-order valence-corrected chi connectivity index (χ4v) is 7.17. The van der Waals surface area contributed by atoms with Gasteiger partial charge in [-0.3, -0.25) is 19.2 Å². The second kappa shape index (κ2) is 8.72. The van der Waals surface area contributed by atoms with Crippen molar-refractivity contribution in [1.82, 2.24) is 4.98 Å². The monoisotopic (exact) mass is 635 g/mol. The lowest BCUT2D eigenvalue weighted by Gasteiger charge is -2.27. The second-order valence-corrected chi connectivity index (χ2v) is 11.9. The lowest BCUT2D eigenvalue weighted by Crippen LogP contribution is -2.40. The molecule has 2 aliphatic heterocycles. The fraction of sp³-hybridized carbons (Fsp3) is 0. The topological polar surface area (TPSA) is 90.6 Å². The summed E-state index contributed by atoms with van der Waals surface area (Å²) in [6, 6.07) is 30.6. The number of imide groups is 2. The van der Waals surface area contributed by atoms with E-state index < -0.39 is 11.8 Å². The Hall–Kier alpha value is -5.60. The number of nitrogens with zero attached hydrogens (tertiary/aromatic N) is 2. The molecule has 4 amide bonds. The van der Waals surface area contributed by atoms with Crippen LogP contribution in [-0.4, -0.2) is 28.6 Å². The van der Waals surface area contributed by atoms with Crippen LogP contribution in [0.5, 0.6) is 0 Å². The van der Waals surface area contributed by atoms with Crippen molar-refractivity contribution in [2.75, 3.05) is 9.80 Å². The third-order valence-corrected chi connectivity index (χ3v) is 9.40. The predicted molar refractivity (Wildman–Crippen MR) is 174 cm³/mol. The van der Waals surface area contributed by atoms with E-state index in [2.05, 4.69) is 20.9 Å². The second-order valence-electron chi connectivity index (χ2n) is 11.0. The minimum atomic E-state index is -0.400. The van der Waals surface area contributed by atoms with Crippen LogP contribution in [-0.2, 0) is 0 Å². The van der Waals surface area contributed by atoms with Crippen molar-refractivity contribution >= 4 is 94.3 Å². The van der Waals surface area contributed by atoms with Gasteiger partial charge in [-0.05, 0) is 77.5 Å². The van der Waals surface area contributed by atoms with Crippen LogP contribution < -0.4 is 9.80 Å². The van der Waals surface area contributed by atoms with Gasteiger partial charge in [-0.25, -0.2) is 9.80 Å².